The Bertz CT molecular complexity index is 650. The van der Waals surface area contributed by atoms with E-state index in [1.54, 1.807) is 25.1 Å². The monoisotopic (exact) mass is 257 g/mol. The molecule has 1 aromatic heterocycles. The number of nitriles is 1. The lowest BCUT2D eigenvalue weighted by Gasteiger charge is -2.07. The summed E-state index contributed by atoms with van der Waals surface area (Å²) in [5.41, 5.74) is 7.58. The van der Waals surface area contributed by atoms with Crippen molar-refractivity contribution < 1.29 is 9.13 Å². The minimum Gasteiger partial charge on any atom is -0.476 e. The van der Waals surface area contributed by atoms with Gasteiger partial charge in [-0.05, 0) is 25.1 Å². The second kappa shape index (κ2) is 5.36. The largest absolute Gasteiger partial charge is 0.476 e. The molecule has 96 valence electrons. The Balaban J connectivity index is 2.48. The predicted octanol–water partition coefficient (Wildman–Crippen LogP) is 2.74. The molecule has 0 saturated heterocycles. The maximum Gasteiger partial charge on any atom is 0.250 e. The minimum absolute atomic E-state index is 0.0415. The number of benzene rings is 1. The summed E-state index contributed by atoms with van der Waals surface area (Å²) >= 11 is 0. The molecule has 0 aliphatic rings. The fourth-order valence-electron chi connectivity index (χ4n) is 1.72. The number of aromatic nitrogens is 1. The molecule has 0 aliphatic heterocycles. The van der Waals surface area contributed by atoms with Gasteiger partial charge >= 0.3 is 0 Å². The van der Waals surface area contributed by atoms with Crippen molar-refractivity contribution in [1.29, 1.82) is 5.26 Å². The second-order valence-electron chi connectivity index (χ2n) is 3.86. The molecule has 0 spiro atoms. The van der Waals surface area contributed by atoms with Gasteiger partial charge in [0, 0.05) is 23.0 Å². The standard InChI is InChI=1S/C14H12FN3O/c1-2-19-14-13(15)6-10(8-18-14)12-4-3-11(17)5-9(12)7-16/h3-6,8H,2,17H2,1H3. The van der Waals surface area contributed by atoms with Gasteiger partial charge in [-0.3, -0.25) is 0 Å². The van der Waals surface area contributed by atoms with E-state index in [1.807, 2.05) is 6.07 Å². The normalized spacial score (nSPS) is 9.95. The Labute approximate surface area is 110 Å². The predicted molar refractivity (Wildman–Crippen MR) is 69.9 cm³/mol. The summed E-state index contributed by atoms with van der Waals surface area (Å²) in [7, 11) is 0. The van der Waals surface area contributed by atoms with Gasteiger partial charge in [0.1, 0.15) is 0 Å². The average Bonchev–Trinajstić information content (AvgIpc) is 2.41. The molecular formula is C14H12FN3O. The summed E-state index contributed by atoms with van der Waals surface area (Å²) in [5.74, 6) is -0.597. The maximum atomic E-state index is 13.7. The third kappa shape index (κ3) is 2.63. The highest BCUT2D eigenvalue weighted by atomic mass is 19.1. The molecule has 0 amide bonds. The molecule has 0 saturated carbocycles. The zero-order valence-corrected chi connectivity index (χ0v) is 10.4. The van der Waals surface area contributed by atoms with Gasteiger partial charge in [-0.25, -0.2) is 9.37 Å². The number of nitrogens with two attached hydrogens (primary N) is 1. The fourth-order valence-corrected chi connectivity index (χ4v) is 1.72. The number of nitrogen functional groups attached to an aromatic ring is 1. The van der Waals surface area contributed by atoms with Crippen LogP contribution in [-0.2, 0) is 0 Å². The fraction of sp³-hybridized carbons (Fsp3) is 0.143. The molecule has 1 aromatic carbocycles. The first-order valence-electron chi connectivity index (χ1n) is 5.74. The third-order valence-corrected chi connectivity index (χ3v) is 2.56. The lowest BCUT2D eigenvalue weighted by molar-refractivity contribution is 0.307. The van der Waals surface area contributed by atoms with Gasteiger partial charge in [0.05, 0.1) is 18.2 Å². The molecule has 2 rings (SSSR count). The van der Waals surface area contributed by atoms with E-state index < -0.39 is 5.82 Å². The van der Waals surface area contributed by atoms with Crippen LogP contribution in [0, 0.1) is 17.1 Å². The number of hydrogen-bond acceptors (Lipinski definition) is 4. The number of hydrogen-bond donors (Lipinski definition) is 1. The van der Waals surface area contributed by atoms with Gasteiger partial charge in [-0.1, -0.05) is 6.07 Å². The Morgan fingerprint density at radius 3 is 2.84 bits per heavy atom. The zero-order chi connectivity index (χ0) is 13.8. The van der Waals surface area contributed by atoms with Crippen molar-refractivity contribution in [3.05, 3.63) is 41.8 Å². The zero-order valence-electron chi connectivity index (χ0n) is 10.4. The molecule has 0 bridgehead atoms. The van der Waals surface area contributed by atoms with E-state index in [1.165, 1.54) is 12.3 Å². The Hall–Kier alpha value is -2.61. The number of anilines is 1. The summed E-state index contributed by atoms with van der Waals surface area (Å²) in [4.78, 5) is 3.90. The average molecular weight is 257 g/mol. The van der Waals surface area contributed by atoms with Crippen LogP contribution < -0.4 is 10.5 Å². The van der Waals surface area contributed by atoms with Gasteiger partial charge in [-0.15, -0.1) is 0 Å². The van der Waals surface area contributed by atoms with Gasteiger partial charge in [0.2, 0.25) is 5.88 Å². The van der Waals surface area contributed by atoms with Crippen molar-refractivity contribution >= 4 is 5.69 Å². The first kappa shape index (κ1) is 12.8. The van der Waals surface area contributed by atoms with Crippen molar-refractivity contribution in [3.63, 3.8) is 0 Å². The van der Waals surface area contributed by atoms with Crippen LogP contribution in [0.15, 0.2) is 30.5 Å². The van der Waals surface area contributed by atoms with Gasteiger partial charge in [0.25, 0.3) is 0 Å². The van der Waals surface area contributed by atoms with E-state index >= 15 is 0 Å². The molecule has 5 heteroatoms. The summed E-state index contributed by atoms with van der Waals surface area (Å²) in [6.07, 6.45) is 1.47. The molecule has 4 nitrogen and oxygen atoms in total. The minimum atomic E-state index is -0.555. The summed E-state index contributed by atoms with van der Waals surface area (Å²) < 4.78 is 18.8. The van der Waals surface area contributed by atoms with E-state index in [0.717, 1.165) is 0 Å². The number of ether oxygens (including phenoxy) is 1. The van der Waals surface area contributed by atoms with Gasteiger partial charge in [-0.2, -0.15) is 5.26 Å². The molecule has 2 N–H and O–H groups in total. The maximum absolute atomic E-state index is 13.7. The SMILES string of the molecule is CCOc1ncc(-c2ccc(N)cc2C#N)cc1F. The molecule has 19 heavy (non-hydrogen) atoms. The molecule has 0 aliphatic carbocycles. The van der Waals surface area contributed by atoms with Crippen LogP contribution in [0.3, 0.4) is 0 Å². The lowest BCUT2D eigenvalue weighted by Crippen LogP contribution is -1.98. The van der Waals surface area contributed by atoms with Crippen LogP contribution in [0.25, 0.3) is 11.1 Å². The number of rotatable bonds is 3. The van der Waals surface area contributed by atoms with E-state index in [4.69, 9.17) is 15.7 Å². The lowest BCUT2D eigenvalue weighted by atomic mass is 10.0. The first-order chi connectivity index (χ1) is 9.15. The quantitative estimate of drug-likeness (QED) is 0.858. The van der Waals surface area contributed by atoms with Crippen molar-refractivity contribution in [2.75, 3.05) is 12.3 Å². The van der Waals surface area contributed by atoms with Crippen LogP contribution in [-0.4, -0.2) is 11.6 Å². The summed E-state index contributed by atoms with van der Waals surface area (Å²) in [5, 5.41) is 9.07. The molecule has 0 unspecified atom stereocenters. The van der Waals surface area contributed by atoms with Crippen molar-refractivity contribution in [2.24, 2.45) is 0 Å². The van der Waals surface area contributed by atoms with Crippen LogP contribution >= 0.6 is 0 Å². The van der Waals surface area contributed by atoms with Crippen molar-refractivity contribution in [1.82, 2.24) is 4.98 Å². The van der Waals surface area contributed by atoms with Crippen LogP contribution in [0.1, 0.15) is 12.5 Å². The topological polar surface area (TPSA) is 71.9 Å². The third-order valence-electron chi connectivity index (χ3n) is 2.56. The van der Waals surface area contributed by atoms with E-state index in [9.17, 15) is 4.39 Å². The van der Waals surface area contributed by atoms with E-state index in [0.29, 0.717) is 29.0 Å². The molecular weight excluding hydrogens is 245 g/mol. The van der Waals surface area contributed by atoms with Crippen molar-refractivity contribution in [3.8, 4) is 23.1 Å². The number of nitrogens with zero attached hydrogens (tertiary/aromatic N) is 2. The highest BCUT2D eigenvalue weighted by molar-refractivity contribution is 5.72. The molecule has 0 atom stereocenters. The van der Waals surface area contributed by atoms with Crippen LogP contribution in [0.4, 0.5) is 10.1 Å². The van der Waals surface area contributed by atoms with E-state index in [2.05, 4.69) is 4.98 Å². The second-order valence-corrected chi connectivity index (χ2v) is 3.86. The van der Waals surface area contributed by atoms with Gasteiger partial charge < -0.3 is 10.5 Å². The van der Waals surface area contributed by atoms with Crippen molar-refractivity contribution in [2.45, 2.75) is 6.92 Å². The number of halogens is 1. The van der Waals surface area contributed by atoms with Gasteiger partial charge in [0.15, 0.2) is 5.82 Å². The molecule has 1 heterocycles. The number of pyridine rings is 1. The van der Waals surface area contributed by atoms with Crippen LogP contribution in [0.2, 0.25) is 0 Å². The smallest absolute Gasteiger partial charge is 0.250 e. The Kier molecular flexibility index (Phi) is 3.62. The van der Waals surface area contributed by atoms with Crippen LogP contribution in [0.5, 0.6) is 5.88 Å². The molecule has 0 fully saturated rings. The highest BCUT2D eigenvalue weighted by Crippen LogP contribution is 2.27. The highest BCUT2D eigenvalue weighted by Gasteiger charge is 2.10. The summed E-state index contributed by atoms with van der Waals surface area (Å²) in [6.45, 7) is 2.09. The van der Waals surface area contributed by atoms with E-state index in [-0.39, 0.29) is 5.88 Å². The Morgan fingerprint density at radius 2 is 2.21 bits per heavy atom. The molecule has 2 aromatic rings. The summed E-state index contributed by atoms with van der Waals surface area (Å²) in [6, 6.07) is 8.20. The first-order valence-corrected chi connectivity index (χ1v) is 5.74. The molecule has 0 radical (unpaired) electrons. The Morgan fingerprint density at radius 1 is 1.42 bits per heavy atom.